The van der Waals surface area contributed by atoms with Gasteiger partial charge in [0.25, 0.3) is 0 Å². The van der Waals surface area contributed by atoms with Gasteiger partial charge in [0.2, 0.25) is 5.91 Å². The van der Waals surface area contributed by atoms with Crippen LogP contribution in [0.1, 0.15) is 25.7 Å². The molecule has 110 valence electrons. The van der Waals surface area contributed by atoms with E-state index in [0.29, 0.717) is 26.1 Å². The fourth-order valence-corrected chi connectivity index (χ4v) is 3.10. The molecule has 19 heavy (non-hydrogen) atoms. The van der Waals surface area contributed by atoms with Gasteiger partial charge in [-0.15, -0.1) is 0 Å². The molecule has 0 aromatic heterocycles. The Morgan fingerprint density at radius 1 is 1.47 bits per heavy atom. The van der Waals surface area contributed by atoms with E-state index in [1.54, 1.807) is 0 Å². The highest BCUT2D eigenvalue weighted by Gasteiger charge is 2.52. The molecule has 1 amide bonds. The van der Waals surface area contributed by atoms with Crippen LogP contribution in [-0.4, -0.2) is 66.9 Å². The SMILES string of the molecule is CN1C2(CCC2)COCC1(CO)CNCCC(N)=O. The molecule has 1 saturated carbocycles. The van der Waals surface area contributed by atoms with Crippen molar-refractivity contribution in [2.45, 2.75) is 36.8 Å². The van der Waals surface area contributed by atoms with E-state index < -0.39 is 5.54 Å². The number of carbonyl (C=O) groups is 1. The molecule has 2 rings (SSSR count). The van der Waals surface area contributed by atoms with Crippen LogP contribution < -0.4 is 11.1 Å². The molecular formula is C13H25N3O3. The number of carbonyl (C=O) groups excluding carboxylic acids is 1. The van der Waals surface area contributed by atoms with Crippen molar-refractivity contribution < 1.29 is 14.6 Å². The zero-order valence-electron chi connectivity index (χ0n) is 11.7. The number of aliphatic hydroxyl groups is 1. The van der Waals surface area contributed by atoms with Crippen molar-refractivity contribution in [3.63, 3.8) is 0 Å². The minimum absolute atomic E-state index is 0.0504. The monoisotopic (exact) mass is 271 g/mol. The van der Waals surface area contributed by atoms with Gasteiger partial charge in [-0.05, 0) is 26.3 Å². The van der Waals surface area contributed by atoms with Gasteiger partial charge in [0.15, 0.2) is 0 Å². The zero-order valence-corrected chi connectivity index (χ0v) is 11.7. The van der Waals surface area contributed by atoms with E-state index in [9.17, 15) is 9.90 Å². The lowest BCUT2D eigenvalue weighted by Crippen LogP contribution is -2.73. The van der Waals surface area contributed by atoms with Crippen LogP contribution in [-0.2, 0) is 9.53 Å². The average Bonchev–Trinajstić information content (AvgIpc) is 2.34. The van der Waals surface area contributed by atoms with Gasteiger partial charge in [-0.3, -0.25) is 9.69 Å². The standard InChI is InChI=1S/C13H25N3O3/c1-16-12(4-2-5-12)9-19-10-13(16,8-17)7-15-6-3-11(14)18/h15,17H,2-10H2,1H3,(H2,14,18). The smallest absolute Gasteiger partial charge is 0.218 e. The molecule has 1 saturated heterocycles. The first-order valence-corrected chi connectivity index (χ1v) is 6.96. The Bertz CT molecular complexity index is 333. The third kappa shape index (κ3) is 2.76. The Labute approximate surface area is 114 Å². The first kappa shape index (κ1) is 14.7. The van der Waals surface area contributed by atoms with Crippen LogP contribution in [0.15, 0.2) is 0 Å². The number of amides is 1. The Balaban J connectivity index is 1.94. The van der Waals surface area contributed by atoms with Gasteiger partial charge < -0.3 is 20.9 Å². The predicted molar refractivity (Wildman–Crippen MR) is 71.7 cm³/mol. The minimum atomic E-state index is -0.393. The summed E-state index contributed by atoms with van der Waals surface area (Å²) in [6, 6.07) is 0. The predicted octanol–water partition coefficient (Wildman–Crippen LogP) is -0.933. The molecule has 0 aromatic rings. The van der Waals surface area contributed by atoms with E-state index in [4.69, 9.17) is 10.5 Å². The van der Waals surface area contributed by atoms with Crippen molar-refractivity contribution in [3.8, 4) is 0 Å². The second-order valence-electron chi connectivity index (χ2n) is 5.91. The summed E-state index contributed by atoms with van der Waals surface area (Å²) in [5.74, 6) is -0.311. The molecule has 2 fully saturated rings. The summed E-state index contributed by atoms with van der Waals surface area (Å²) in [5.41, 5.74) is 4.83. The molecular weight excluding hydrogens is 246 g/mol. The highest BCUT2D eigenvalue weighted by Crippen LogP contribution is 2.43. The summed E-state index contributed by atoms with van der Waals surface area (Å²) in [6.45, 7) is 2.47. The van der Waals surface area contributed by atoms with Gasteiger partial charge in [0, 0.05) is 25.0 Å². The van der Waals surface area contributed by atoms with Crippen LogP contribution in [0.3, 0.4) is 0 Å². The van der Waals surface area contributed by atoms with Crippen LogP contribution in [0.5, 0.6) is 0 Å². The van der Waals surface area contributed by atoms with Gasteiger partial charge >= 0.3 is 0 Å². The molecule has 4 N–H and O–H groups in total. The van der Waals surface area contributed by atoms with Gasteiger partial charge in [0.05, 0.1) is 25.4 Å². The number of nitrogens with one attached hydrogen (secondary N) is 1. The molecule has 1 spiro atoms. The lowest BCUT2D eigenvalue weighted by molar-refractivity contribution is -0.179. The highest BCUT2D eigenvalue weighted by molar-refractivity contribution is 5.73. The minimum Gasteiger partial charge on any atom is -0.394 e. The van der Waals surface area contributed by atoms with Crippen LogP contribution >= 0.6 is 0 Å². The number of primary amides is 1. The van der Waals surface area contributed by atoms with E-state index in [2.05, 4.69) is 17.3 Å². The molecule has 1 aliphatic heterocycles. The number of morpholine rings is 1. The number of nitrogens with zero attached hydrogens (tertiary/aromatic N) is 1. The average molecular weight is 271 g/mol. The summed E-state index contributed by atoms with van der Waals surface area (Å²) < 4.78 is 5.75. The van der Waals surface area contributed by atoms with E-state index in [1.165, 1.54) is 6.42 Å². The maximum atomic E-state index is 10.7. The third-order valence-corrected chi connectivity index (χ3v) is 4.75. The van der Waals surface area contributed by atoms with Gasteiger partial charge in [-0.1, -0.05) is 0 Å². The number of hydrogen-bond acceptors (Lipinski definition) is 5. The molecule has 0 aromatic carbocycles. The number of likely N-dealkylation sites (N-methyl/N-ethyl adjacent to an activating group) is 1. The number of ether oxygens (including phenoxy) is 1. The topological polar surface area (TPSA) is 87.8 Å². The first-order valence-electron chi connectivity index (χ1n) is 6.96. The van der Waals surface area contributed by atoms with Crippen LogP contribution in [0, 0.1) is 0 Å². The Morgan fingerprint density at radius 3 is 2.74 bits per heavy atom. The maximum absolute atomic E-state index is 10.7. The van der Waals surface area contributed by atoms with Gasteiger partial charge in [-0.2, -0.15) is 0 Å². The van der Waals surface area contributed by atoms with Crippen LogP contribution in [0.2, 0.25) is 0 Å². The normalized spacial score (nSPS) is 30.2. The summed E-state index contributed by atoms with van der Waals surface area (Å²) in [7, 11) is 2.08. The van der Waals surface area contributed by atoms with E-state index in [0.717, 1.165) is 19.4 Å². The van der Waals surface area contributed by atoms with E-state index >= 15 is 0 Å². The molecule has 0 bridgehead atoms. The van der Waals surface area contributed by atoms with Gasteiger partial charge in [0.1, 0.15) is 0 Å². The van der Waals surface area contributed by atoms with Crippen LogP contribution in [0.4, 0.5) is 0 Å². The Kier molecular flexibility index (Phi) is 4.45. The number of hydrogen-bond donors (Lipinski definition) is 3. The number of rotatable bonds is 6. The Hall–Kier alpha value is -0.690. The third-order valence-electron chi connectivity index (χ3n) is 4.75. The molecule has 6 heteroatoms. The molecule has 1 aliphatic carbocycles. The van der Waals surface area contributed by atoms with E-state index in [-0.39, 0.29) is 18.1 Å². The molecule has 2 aliphatic rings. The fourth-order valence-electron chi connectivity index (χ4n) is 3.10. The molecule has 1 heterocycles. The van der Waals surface area contributed by atoms with E-state index in [1.807, 2.05) is 0 Å². The molecule has 6 nitrogen and oxygen atoms in total. The van der Waals surface area contributed by atoms with Crippen molar-refractivity contribution in [1.82, 2.24) is 10.2 Å². The largest absolute Gasteiger partial charge is 0.394 e. The molecule has 1 unspecified atom stereocenters. The second kappa shape index (κ2) is 5.75. The molecule has 0 radical (unpaired) electrons. The van der Waals surface area contributed by atoms with Crippen molar-refractivity contribution in [1.29, 1.82) is 0 Å². The van der Waals surface area contributed by atoms with Crippen molar-refractivity contribution in [2.24, 2.45) is 5.73 Å². The lowest BCUT2D eigenvalue weighted by atomic mass is 9.72. The highest BCUT2D eigenvalue weighted by atomic mass is 16.5. The second-order valence-corrected chi connectivity index (χ2v) is 5.91. The lowest BCUT2D eigenvalue weighted by Gasteiger charge is -2.59. The first-order chi connectivity index (χ1) is 9.05. The quantitative estimate of drug-likeness (QED) is 0.543. The summed E-state index contributed by atoms with van der Waals surface area (Å²) >= 11 is 0. The fraction of sp³-hybridized carbons (Fsp3) is 0.923. The molecule has 1 atom stereocenters. The number of nitrogens with two attached hydrogens (primary N) is 1. The van der Waals surface area contributed by atoms with Crippen molar-refractivity contribution in [3.05, 3.63) is 0 Å². The summed E-state index contributed by atoms with van der Waals surface area (Å²) in [4.78, 5) is 13.0. The van der Waals surface area contributed by atoms with Crippen molar-refractivity contribution in [2.75, 3.05) is 40.0 Å². The summed E-state index contributed by atoms with van der Waals surface area (Å²) in [5, 5.41) is 13.0. The summed E-state index contributed by atoms with van der Waals surface area (Å²) in [6.07, 6.45) is 3.81. The van der Waals surface area contributed by atoms with Crippen molar-refractivity contribution >= 4 is 5.91 Å². The Morgan fingerprint density at radius 2 is 2.21 bits per heavy atom. The maximum Gasteiger partial charge on any atom is 0.218 e. The van der Waals surface area contributed by atoms with Crippen LogP contribution in [0.25, 0.3) is 0 Å². The van der Waals surface area contributed by atoms with Gasteiger partial charge in [-0.25, -0.2) is 0 Å². The zero-order chi connectivity index (χ0) is 13.9. The number of aliphatic hydroxyl groups excluding tert-OH is 1.